The molecule has 18 atom stereocenters. The number of aliphatic hydroxyl groups excluding tert-OH is 8. The Hall–Kier alpha value is -2.87. The van der Waals surface area contributed by atoms with Gasteiger partial charge in [0.05, 0.1) is 73.5 Å². The first-order valence-electron chi connectivity index (χ1n) is 22.1. The van der Waals surface area contributed by atoms with E-state index >= 15 is 0 Å². The molecule has 2 saturated heterocycles. The van der Waals surface area contributed by atoms with Crippen LogP contribution in [0.4, 0.5) is 0 Å². The summed E-state index contributed by atoms with van der Waals surface area (Å²) < 4.78 is 23.7. The number of hydrogen-bond acceptors (Lipinski definition) is 15. The highest BCUT2D eigenvalue weighted by Crippen LogP contribution is 2.37. The highest BCUT2D eigenvalue weighted by Gasteiger charge is 2.47. The van der Waals surface area contributed by atoms with Gasteiger partial charge in [-0.25, -0.2) is 0 Å². The first kappa shape index (κ1) is 53.5. The summed E-state index contributed by atoms with van der Waals surface area (Å²) in [7, 11) is 0. The number of esters is 1. The molecule has 3 heterocycles. The van der Waals surface area contributed by atoms with Crippen molar-refractivity contribution in [1.82, 2.24) is 0 Å². The maximum Gasteiger partial charge on any atom is 0.308 e. The molecule has 352 valence electrons. The van der Waals surface area contributed by atoms with Crippen LogP contribution in [0.5, 0.6) is 0 Å². The number of hydrogen-bond donors (Lipinski definition) is 10. The average molecular weight is 878 g/mol. The van der Waals surface area contributed by atoms with E-state index in [2.05, 4.69) is 0 Å². The number of nitrogens with two attached hydrogens (primary N) is 1. The van der Waals surface area contributed by atoms with Crippen LogP contribution in [0.25, 0.3) is 0 Å². The molecule has 3 rings (SSSR count). The van der Waals surface area contributed by atoms with Gasteiger partial charge in [-0.15, -0.1) is 0 Å². The molecule has 15 heteroatoms. The quantitative estimate of drug-likeness (QED) is 0.179. The number of carbonyl (C=O) groups excluding carboxylic acids is 1. The van der Waals surface area contributed by atoms with Crippen molar-refractivity contribution in [2.45, 2.75) is 184 Å². The highest BCUT2D eigenvalue weighted by atomic mass is 16.7. The molecule has 0 amide bonds. The summed E-state index contributed by atoms with van der Waals surface area (Å²) in [6.07, 6.45) is 12.5. The summed E-state index contributed by atoms with van der Waals surface area (Å²) in [6, 6.07) is -1.02. The lowest BCUT2D eigenvalue weighted by atomic mass is 9.84. The van der Waals surface area contributed by atoms with Crippen molar-refractivity contribution in [3.05, 3.63) is 85.1 Å². The third-order valence-corrected chi connectivity index (χ3v) is 12.0. The molecule has 62 heavy (non-hydrogen) atoms. The third kappa shape index (κ3) is 18.3. The van der Waals surface area contributed by atoms with Crippen molar-refractivity contribution in [2.75, 3.05) is 0 Å². The average Bonchev–Trinajstić information content (AvgIpc) is 3.19. The predicted octanol–water partition coefficient (Wildman–Crippen LogP) is 2.68. The topological polar surface area (TPSA) is 262 Å². The number of ether oxygens (including phenoxy) is 4. The fourth-order valence-corrected chi connectivity index (χ4v) is 7.83. The van der Waals surface area contributed by atoms with E-state index in [1.165, 1.54) is 0 Å². The Labute approximate surface area is 367 Å². The van der Waals surface area contributed by atoms with Gasteiger partial charge < -0.3 is 70.6 Å². The molecule has 0 radical (unpaired) electrons. The number of cyclic esters (lactones) is 1. The molecule has 3 aliphatic rings. The lowest BCUT2D eigenvalue weighted by molar-refractivity contribution is -0.308. The van der Waals surface area contributed by atoms with Crippen molar-refractivity contribution >= 4 is 5.97 Å². The van der Waals surface area contributed by atoms with Crippen LogP contribution in [0.3, 0.4) is 0 Å². The SMILES string of the molecule is CC1OC(OC2/C=C/C=C/C=C/C=C/C=C/C=C/C=C/[C@H](C)C(O)[C@@H](C)[C@H](C)OC(=O)CC(O)CC(O)CC(O)CCCC(O)CC3(O)C[C@H](O)C(C)C(C2)O3)C(O)C(N)C1O. The van der Waals surface area contributed by atoms with Gasteiger partial charge in [0, 0.05) is 37.0 Å². The zero-order valence-corrected chi connectivity index (χ0v) is 36.9. The van der Waals surface area contributed by atoms with Gasteiger partial charge in [-0.3, -0.25) is 4.79 Å². The maximum atomic E-state index is 12.6. The van der Waals surface area contributed by atoms with Crippen molar-refractivity contribution < 1.29 is 69.7 Å². The monoisotopic (exact) mass is 878 g/mol. The Balaban J connectivity index is 1.78. The van der Waals surface area contributed by atoms with E-state index in [1.807, 2.05) is 67.7 Å². The van der Waals surface area contributed by atoms with E-state index < -0.39 is 109 Å². The van der Waals surface area contributed by atoms with Crippen LogP contribution in [0, 0.1) is 17.8 Å². The molecule has 0 aromatic rings. The second-order valence-corrected chi connectivity index (χ2v) is 17.4. The lowest BCUT2D eigenvalue weighted by Gasteiger charge is -2.45. The van der Waals surface area contributed by atoms with Crippen molar-refractivity contribution in [1.29, 1.82) is 0 Å². The molecule has 0 aliphatic carbocycles. The van der Waals surface area contributed by atoms with Crippen LogP contribution in [-0.2, 0) is 23.7 Å². The summed E-state index contributed by atoms with van der Waals surface area (Å²) in [5.74, 6) is -3.69. The van der Waals surface area contributed by atoms with Gasteiger partial charge in [-0.05, 0) is 46.0 Å². The van der Waals surface area contributed by atoms with Gasteiger partial charge in [0.2, 0.25) is 0 Å². The minimum atomic E-state index is -1.90. The number of fused-ring (bicyclic) bond motifs is 2. The van der Waals surface area contributed by atoms with Gasteiger partial charge in [0.25, 0.3) is 0 Å². The van der Waals surface area contributed by atoms with Crippen molar-refractivity contribution in [3.63, 3.8) is 0 Å². The molecule has 3 aliphatic heterocycles. The Bertz CT molecular complexity index is 1530. The highest BCUT2D eigenvalue weighted by molar-refractivity contribution is 5.70. The molecule has 11 N–H and O–H groups in total. The van der Waals surface area contributed by atoms with Crippen LogP contribution in [-0.4, -0.2) is 143 Å². The Morgan fingerprint density at radius 2 is 1.18 bits per heavy atom. The van der Waals surface area contributed by atoms with Gasteiger partial charge in [-0.1, -0.05) is 106 Å². The van der Waals surface area contributed by atoms with Crippen molar-refractivity contribution in [2.24, 2.45) is 23.5 Å². The molecular weight excluding hydrogens is 803 g/mol. The van der Waals surface area contributed by atoms with E-state index in [0.29, 0.717) is 6.42 Å². The molecule has 14 unspecified atom stereocenters. The van der Waals surface area contributed by atoms with E-state index in [-0.39, 0.29) is 57.3 Å². The second-order valence-electron chi connectivity index (χ2n) is 17.4. The van der Waals surface area contributed by atoms with Gasteiger partial charge in [-0.2, -0.15) is 0 Å². The number of rotatable bonds is 2. The first-order chi connectivity index (χ1) is 29.3. The van der Waals surface area contributed by atoms with E-state index in [0.717, 1.165) is 0 Å². The van der Waals surface area contributed by atoms with Gasteiger partial charge in [0.1, 0.15) is 12.2 Å². The van der Waals surface area contributed by atoms with Crippen LogP contribution < -0.4 is 5.73 Å². The largest absolute Gasteiger partial charge is 0.462 e. The molecular formula is C47H75NO14. The summed E-state index contributed by atoms with van der Waals surface area (Å²) in [6.45, 7) is 8.71. The molecule has 0 spiro atoms. The first-order valence-corrected chi connectivity index (χ1v) is 22.1. The molecule has 2 bridgehead atoms. The normalized spacial score (nSPS) is 46.0. The van der Waals surface area contributed by atoms with E-state index in [9.17, 15) is 50.8 Å². The summed E-state index contributed by atoms with van der Waals surface area (Å²) in [5.41, 5.74) is 6.06. The zero-order valence-electron chi connectivity index (χ0n) is 36.9. The molecule has 0 saturated carbocycles. The zero-order chi connectivity index (χ0) is 46.0. The maximum absolute atomic E-state index is 12.6. The van der Waals surface area contributed by atoms with Crippen LogP contribution >= 0.6 is 0 Å². The third-order valence-electron chi connectivity index (χ3n) is 12.0. The van der Waals surface area contributed by atoms with Gasteiger partial charge >= 0.3 is 5.97 Å². The van der Waals surface area contributed by atoms with Crippen LogP contribution in [0.15, 0.2) is 85.1 Å². The minimum absolute atomic E-state index is 0.0763. The summed E-state index contributed by atoms with van der Waals surface area (Å²) >= 11 is 0. The molecule has 2 fully saturated rings. The van der Waals surface area contributed by atoms with Crippen LogP contribution in [0.2, 0.25) is 0 Å². The fraction of sp³-hybridized carbons (Fsp3) is 0.681. The summed E-state index contributed by atoms with van der Waals surface area (Å²) in [5, 5.41) is 97.2. The number of aliphatic hydroxyl groups is 9. The summed E-state index contributed by atoms with van der Waals surface area (Å²) in [4.78, 5) is 12.6. The van der Waals surface area contributed by atoms with Crippen LogP contribution in [0.1, 0.15) is 92.4 Å². The Morgan fingerprint density at radius 1 is 0.629 bits per heavy atom. The number of carbonyl (C=O) groups is 1. The van der Waals surface area contributed by atoms with Gasteiger partial charge in [0.15, 0.2) is 12.1 Å². The Morgan fingerprint density at radius 3 is 1.79 bits per heavy atom. The molecule has 15 nitrogen and oxygen atoms in total. The van der Waals surface area contributed by atoms with E-state index in [4.69, 9.17) is 24.7 Å². The van der Waals surface area contributed by atoms with E-state index in [1.54, 1.807) is 52.0 Å². The smallest absolute Gasteiger partial charge is 0.308 e. The molecule has 0 aromatic heterocycles. The fourth-order valence-electron chi connectivity index (χ4n) is 7.83. The second kappa shape index (κ2) is 26.8. The standard InChI is InChI=1S/C47H75NO14/c1-29-19-16-14-12-10-8-6-7-9-11-13-15-17-22-38(61-46-45(57)42(48)44(56)33(5)60-46)26-40-31(3)39(53)28-47(58,62-40)27-35(50)21-18-20-34(49)23-36(51)24-37(52)25-41(54)59-32(4)30(2)43(29)55/h6-17,19,22,29-40,42-46,49-53,55-58H,18,20-21,23-28,48H2,1-5H3/b7-6+,10-8+,11-9+,14-12+,15-13+,19-16+,22-17+/t29-,30-,31?,32-,33?,34?,35?,36?,37?,38?,39-,40?,42?,43?,44?,45?,46?,47?/m0/s1. The van der Waals surface area contributed by atoms with Crippen molar-refractivity contribution in [3.8, 4) is 0 Å². The lowest BCUT2D eigenvalue weighted by Crippen LogP contribution is -2.61. The number of allylic oxidation sites excluding steroid dienone is 12. The predicted molar refractivity (Wildman–Crippen MR) is 234 cm³/mol. The Kier molecular flexibility index (Phi) is 23.1. The minimum Gasteiger partial charge on any atom is -0.462 e. The molecule has 0 aromatic carbocycles.